The number of anilines is 1. The molecule has 0 aliphatic heterocycles. The average molecular weight is 253 g/mol. The molecule has 0 aliphatic carbocycles. The molecule has 4 heteroatoms. The summed E-state index contributed by atoms with van der Waals surface area (Å²) >= 11 is 3.31. The molecule has 72 valence electrons. The van der Waals surface area contributed by atoms with Crippen LogP contribution in [0.15, 0.2) is 34.9 Å². The normalized spacial score (nSPS) is 10.4. The van der Waals surface area contributed by atoms with Gasteiger partial charge in [-0.2, -0.15) is 0 Å². The fourth-order valence-electron chi connectivity index (χ4n) is 1.17. The van der Waals surface area contributed by atoms with E-state index in [2.05, 4.69) is 20.9 Å². The fourth-order valence-corrected chi connectivity index (χ4v) is 1.43. The lowest BCUT2D eigenvalue weighted by atomic mass is 10.2. The van der Waals surface area contributed by atoms with Crippen molar-refractivity contribution in [2.24, 2.45) is 0 Å². The topological polar surface area (TPSA) is 52.0 Å². The maximum absolute atomic E-state index is 5.66. The van der Waals surface area contributed by atoms with Crippen molar-refractivity contribution in [1.29, 1.82) is 0 Å². The van der Waals surface area contributed by atoms with Crippen LogP contribution >= 0.6 is 15.9 Å². The largest absolute Gasteiger partial charge is 0.444 e. The van der Waals surface area contributed by atoms with Gasteiger partial charge in [-0.3, -0.25) is 0 Å². The molecule has 0 spiro atoms. The van der Waals surface area contributed by atoms with E-state index in [9.17, 15) is 0 Å². The Morgan fingerprint density at radius 2 is 2.29 bits per heavy atom. The first-order chi connectivity index (χ1) is 6.79. The molecular weight excluding hydrogens is 244 g/mol. The molecule has 2 N–H and O–H groups in total. The summed E-state index contributed by atoms with van der Waals surface area (Å²) in [6, 6.07) is 7.46. The maximum atomic E-state index is 5.66. The molecule has 3 nitrogen and oxygen atoms in total. The maximum Gasteiger partial charge on any atom is 0.226 e. The van der Waals surface area contributed by atoms with Crippen LogP contribution in [0.3, 0.4) is 0 Å². The summed E-state index contributed by atoms with van der Waals surface area (Å²) < 4.78 is 5.30. The molecule has 0 radical (unpaired) electrons. The monoisotopic (exact) mass is 252 g/mol. The molecule has 1 heterocycles. The van der Waals surface area contributed by atoms with Gasteiger partial charge in [-0.15, -0.1) is 0 Å². The van der Waals surface area contributed by atoms with Gasteiger partial charge >= 0.3 is 0 Å². The number of oxazole rings is 1. The second-order valence-electron chi connectivity index (χ2n) is 2.90. The van der Waals surface area contributed by atoms with Crippen molar-refractivity contribution in [2.75, 3.05) is 5.73 Å². The quantitative estimate of drug-likeness (QED) is 0.661. The van der Waals surface area contributed by atoms with E-state index < -0.39 is 0 Å². The van der Waals surface area contributed by atoms with E-state index in [0.717, 1.165) is 11.3 Å². The summed E-state index contributed by atoms with van der Waals surface area (Å²) in [5.41, 5.74) is 8.14. The number of alkyl halides is 1. The standard InChI is InChI=1S/C10H9BrN2O/c11-5-9-6-14-10(13-9)7-2-1-3-8(12)4-7/h1-4,6H,5,12H2. The van der Waals surface area contributed by atoms with Crippen molar-refractivity contribution >= 4 is 21.6 Å². The first-order valence-corrected chi connectivity index (χ1v) is 5.28. The summed E-state index contributed by atoms with van der Waals surface area (Å²) in [5, 5.41) is 0.693. The molecule has 2 aromatic rings. The Kier molecular flexibility index (Phi) is 2.54. The number of benzene rings is 1. The number of nitrogen functional groups attached to an aromatic ring is 1. The third-order valence-electron chi connectivity index (χ3n) is 1.82. The molecule has 1 aromatic heterocycles. The van der Waals surface area contributed by atoms with Crippen molar-refractivity contribution in [1.82, 2.24) is 4.98 Å². The number of hydrogen-bond donors (Lipinski definition) is 1. The van der Waals surface area contributed by atoms with E-state index >= 15 is 0 Å². The predicted octanol–water partition coefficient (Wildman–Crippen LogP) is 2.82. The number of rotatable bonds is 2. The number of hydrogen-bond acceptors (Lipinski definition) is 3. The minimum atomic E-state index is 0.603. The van der Waals surface area contributed by atoms with E-state index in [1.54, 1.807) is 6.26 Å². The Morgan fingerprint density at radius 1 is 1.43 bits per heavy atom. The van der Waals surface area contributed by atoms with Gasteiger partial charge in [0.2, 0.25) is 5.89 Å². The Morgan fingerprint density at radius 3 is 2.93 bits per heavy atom. The highest BCUT2D eigenvalue weighted by atomic mass is 79.9. The Labute approximate surface area is 90.1 Å². The molecular formula is C10H9BrN2O. The van der Waals surface area contributed by atoms with Gasteiger partial charge in [0.25, 0.3) is 0 Å². The van der Waals surface area contributed by atoms with Gasteiger partial charge in [0.15, 0.2) is 0 Å². The van der Waals surface area contributed by atoms with Crippen LogP contribution < -0.4 is 5.73 Å². The van der Waals surface area contributed by atoms with Crippen LogP contribution in [0.2, 0.25) is 0 Å². The third-order valence-corrected chi connectivity index (χ3v) is 2.40. The summed E-state index contributed by atoms with van der Waals surface area (Å²) in [6.45, 7) is 0. The van der Waals surface area contributed by atoms with E-state index in [4.69, 9.17) is 10.2 Å². The van der Waals surface area contributed by atoms with Crippen molar-refractivity contribution in [3.63, 3.8) is 0 Å². The van der Waals surface area contributed by atoms with Crippen LogP contribution in [0.25, 0.3) is 11.5 Å². The van der Waals surface area contributed by atoms with Crippen LogP contribution in [0, 0.1) is 0 Å². The van der Waals surface area contributed by atoms with Crippen LogP contribution in [-0.2, 0) is 5.33 Å². The van der Waals surface area contributed by atoms with Gasteiger partial charge in [0, 0.05) is 16.6 Å². The molecule has 0 unspecified atom stereocenters. The molecule has 0 fully saturated rings. The van der Waals surface area contributed by atoms with E-state index in [0.29, 0.717) is 16.9 Å². The lowest BCUT2D eigenvalue weighted by Gasteiger charge is -1.96. The fraction of sp³-hybridized carbons (Fsp3) is 0.100. The molecule has 1 aromatic carbocycles. The highest BCUT2D eigenvalue weighted by molar-refractivity contribution is 9.08. The van der Waals surface area contributed by atoms with Gasteiger partial charge < -0.3 is 10.2 Å². The first-order valence-electron chi connectivity index (χ1n) is 4.16. The molecule has 0 atom stereocenters. The van der Waals surface area contributed by atoms with Crippen molar-refractivity contribution < 1.29 is 4.42 Å². The van der Waals surface area contributed by atoms with Crippen LogP contribution in [0.4, 0.5) is 5.69 Å². The third kappa shape index (κ3) is 1.80. The van der Waals surface area contributed by atoms with Crippen LogP contribution in [0.5, 0.6) is 0 Å². The van der Waals surface area contributed by atoms with Crippen molar-refractivity contribution in [2.45, 2.75) is 5.33 Å². The smallest absolute Gasteiger partial charge is 0.226 e. The Hall–Kier alpha value is -1.29. The van der Waals surface area contributed by atoms with Crippen LogP contribution in [0.1, 0.15) is 5.69 Å². The molecule has 0 saturated heterocycles. The summed E-state index contributed by atoms with van der Waals surface area (Å²) in [4.78, 5) is 4.27. The molecule has 0 saturated carbocycles. The predicted molar refractivity (Wildman–Crippen MR) is 59.0 cm³/mol. The van der Waals surface area contributed by atoms with Gasteiger partial charge in [0.05, 0.1) is 5.69 Å². The SMILES string of the molecule is Nc1cccc(-c2nc(CBr)co2)c1. The number of halogens is 1. The second kappa shape index (κ2) is 3.84. The minimum Gasteiger partial charge on any atom is -0.444 e. The minimum absolute atomic E-state index is 0.603. The van der Waals surface area contributed by atoms with Gasteiger partial charge in [-0.25, -0.2) is 4.98 Å². The van der Waals surface area contributed by atoms with Crippen molar-refractivity contribution in [3.05, 3.63) is 36.2 Å². The van der Waals surface area contributed by atoms with E-state index in [-0.39, 0.29) is 0 Å². The average Bonchev–Trinajstić information content (AvgIpc) is 2.66. The van der Waals surface area contributed by atoms with E-state index in [1.165, 1.54) is 0 Å². The molecule has 2 rings (SSSR count). The summed E-state index contributed by atoms with van der Waals surface area (Å²) in [7, 11) is 0. The number of aromatic nitrogens is 1. The highest BCUT2D eigenvalue weighted by Gasteiger charge is 2.05. The molecule has 0 bridgehead atoms. The Balaban J connectivity index is 2.39. The number of nitrogens with zero attached hydrogens (tertiary/aromatic N) is 1. The molecule has 14 heavy (non-hydrogen) atoms. The lowest BCUT2D eigenvalue weighted by Crippen LogP contribution is -1.85. The van der Waals surface area contributed by atoms with Crippen LogP contribution in [-0.4, -0.2) is 4.98 Å². The van der Waals surface area contributed by atoms with Crippen molar-refractivity contribution in [3.8, 4) is 11.5 Å². The molecule has 0 amide bonds. The lowest BCUT2D eigenvalue weighted by molar-refractivity contribution is 0.573. The zero-order valence-electron chi connectivity index (χ0n) is 7.40. The first kappa shape index (κ1) is 9.27. The van der Waals surface area contributed by atoms with Gasteiger partial charge in [-0.05, 0) is 18.2 Å². The molecule has 0 aliphatic rings. The Bertz CT molecular complexity index is 439. The highest BCUT2D eigenvalue weighted by Crippen LogP contribution is 2.21. The van der Waals surface area contributed by atoms with Gasteiger partial charge in [-0.1, -0.05) is 22.0 Å². The summed E-state index contributed by atoms with van der Waals surface area (Å²) in [5.74, 6) is 0.603. The zero-order chi connectivity index (χ0) is 9.97. The summed E-state index contributed by atoms with van der Waals surface area (Å²) in [6.07, 6.45) is 1.63. The van der Waals surface area contributed by atoms with Gasteiger partial charge in [0.1, 0.15) is 6.26 Å². The number of nitrogens with two attached hydrogens (primary N) is 1. The zero-order valence-corrected chi connectivity index (χ0v) is 8.99. The van der Waals surface area contributed by atoms with E-state index in [1.807, 2.05) is 24.3 Å². The second-order valence-corrected chi connectivity index (χ2v) is 3.46.